The summed E-state index contributed by atoms with van der Waals surface area (Å²) in [6.45, 7) is 0. The second-order valence-corrected chi connectivity index (χ2v) is 1.82. The van der Waals surface area contributed by atoms with E-state index in [1.165, 1.54) is 6.26 Å². The van der Waals surface area contributed by atoms with E-state index in [0.29, 0.717) is 11.7 Å². The van der Waals surface area contributed by atoms with Crippen molar-refractivity contribution < 1.29 is 12.6 Å². The van der Waals surface area contributed by atoms with Crippen molar-refractivity contribution in [2.45, 2.75) is 0 Å². The van der Waals surface area contributed by atoms with Crippen LogP contribution in [0.3, 0.4) is 0 Å². The molecule has 0 rings (SSSR count). The molecule has 0 radical (unpaired) electrons. The zero-order valence-electron chi connectivity index (χ0n) is 4.08. The molecule has 0 atom stereocenters. The molecule has 0 spiro atoms. The van der Waals surface area contributed by atoms with Gasteiger partial charge in [-0.15, -0.1) is 0 Å². The minimum Gasteiger partial charge on any atom is -0.232 e. The molecule has 5 heteroatoms. The quantitative estimate of drug-likeness (QED) is 0.359. The Kier molecular flexibility index (Phi) is 13.4. The summed E-state index contributed by atoms with van der Waals surface area (Å²) in [4.78, 5) is 0. The van der Waals surface area contributed by atoms with Gasteiger partial charge in [0.2, 0.25) is 6.26 Å². The number of hydrogen-bond donors (Lipinski definition) is 1. The average Bonchev–Trinajstić information content (AvgIpc) is 1.33. The van der Waals surface area contributed by atoms with E-state index in [2.05, 4.69) is 0 Å². The van der Waals surface area contributed by atoms with E-state index in [1.807, 2.05) is 0 Å². The van der Waals surface area contributed by atoms with Gasteiger partial charge in [-0.2, -0.15) is 0 Å². The summed E-state index contributed by atoms with van der Waals surface area (Å²) in [7, 11) is -2.12. The molecule has 0 saturated carbocycles. The first-order valence-electron chi connectivity index (χ1n) is 1.39. The third-order valence-electron chi connectivity index (χ3n) is 0. The third kappa shape index (κ3) is 105000. The Labute approximate surface area is 48.2 Å². The lowest BCUT2D eigenvalue weighted by molar-refractivity contribution is 0.607. The lowest BCUT2D eigenvalue weighted by atomic mass is 12.0. The van der Waals surface area contributed by atoms with Gasteiger partial charge in [0.1, 0.15) is 10.7 Å². The molecule has 0 N–H and O–H groups in total. The fraction of sp³-hybridized carbons (Fsp3) is 1.00. The summed E-state index contributed by atoms with van der Waals surface area (Å²) < 4.78 is 26.9. The van der Waals surface area contributed by atoms with E-state index < -0.39 is 10.7 Å². The summed E-state index contributed by atoms with van der Waals surface area (Å²) in [6, 6.07) is 0. The normalized spacial score (nSPS) is 6.71. The number of thiol groups is 1. The Balaban J connectivity index is 0. The fourth-order valence-electron chi connectivity index (χ4n) is 0. The Morgan fingerprint density at radius 3 is 1.43 bits per heavy atom. The first-order valence-corrected chi connectivity index (χ1v) is 4.16. The topological polar surface area (TPSA) is 51.2 Å². The molecule has 0 saturated heterocycles. The molecular formula is C2H7O3S2+. The highest BCUT2D eigenvalue weighted by Gasteiger charge is 1.54. The van der Waals surface area contributed by atoms with Crippen LogP contribution in [0, 0.1) is 0 Å². The standard InChI is InChI=1S/CH4O2S.CH3OS/c1-4(2)3;1-3-2/h4H,1H3;1H3/q;+1. The maximum atomic E-state index is 9.04. The molecule has 0 unspecified atom stereocenters. The largest absolute Gasteiger partial charge is 0.455 e. The van der Waals surface area contributed by atoms with Crippen LogP contribution >= 0.6 is 0 Å². The van der Waals surface area contributed by atoms with E-state index in [-0.39, 0.29) is 0 Å². The molecule has 3 nitrogen and oxygen atoms in total. The average molecular weight is 143 g/mol. The lowest BCUT2D eigenvalue weighted by Crippen LogP contribution is -1.56. The number of hydrogen-bond acceptors (Lipinski definition) is 3. The lowest BCUT2D eigenvalue weighted by Gasteiger charge is -1.41. The first-order chi connectivity index (χ1) is 3.15. The number of rotatable bonds is 0. The molecule has 0 amide bonds. The molecule has 0 aromatic heterocycles. The van der Waals surface area contributed by atoms with Gasteiger partial charge in [-0.05, 0) is 0 Å². The van der Waals surface area contributed by atoms with Crippen LogP contribution in [0.5, 0.6) is 0 Å². The van der Waals surface area contributed by atoms with Crippen LogP contribution in [0.1, 0.15) is 0 Å². The molecule has 44 valence electrons. The van der Waals surface area contributed by atoms with Crippen LogP contribution in [0.4, 0.5) is 0 Å². The minimum atomic E-state index is -2.12. The SMILES string of the molecule is C[S+]=O.C[SH](=O)=O. The van der Waals surface area contributed by atoms with E-state index >= 15 is 0 Å². The van der Waals surface area contributed by atoms with E-state index in [0.717, 1.165) is 6.26 Å². The highest BCUT2D eigenvalue weighted by atomic mass is 32.2. The van der Waals surface area contributed by atoms with Crippen LogP contribution < -0.4 is 0 Å². The Bertz CT molecular complexity index is 87.1. The maximum Gasteiger partial charge on any atom is 0.455 e. The summed E-state index contributed by atoms with van der Waals surface area (Å²) in [5, 5.41) is 0. The maximum absolute atomic E-state index is 9.04. The molecule has 0 aliphatic carbocycles. The van der Waals surface area contributed by atoms with E-state index in [1.54, 1.807) is 0 Å². The second kappa shape index (κ2) is 9.36. The fourth-order valence-corrected chi connectivity index (χ4v) is 0. The van der Waals surface area contributed by atoms with Crippen molar-refractivity contribution >= 4 is 22.4 Å². The van der Waals surface area contributed by atoms with Crippen molar-refractivity contribution in [3.8, 4) is 0 Å². The third-order valence-corrected chi connectivity index (χ3v) is 0. The summed E-state index contributed by atoms with van der Waals surface area (Å²) in [6.07, 6.45) is 2.61. The van der Waals surface area contributed by atoms with Gasteiger partial charge in [0, 0.05) is 10.5 Å². The molecule has 0 heterocycles. The Morgan fingerprint density at radius 2 is 1.43 bits per heavy atom. The molecule has 0 fully saturated rings. The van der Waals surface area contributed by atoms with Crippen molar-refractivity contribution in [3.05, 3.63) is 0 Å². The second-order valence-electron chi connectivity index (χ2n) is 0.606. The summed E-state index contributed by atoms with van der Waals surface area (Å²) in [5.74, 6) is 0. The molecule has 0 aliphatic heterocycles. The van der Waals surface area contributed by atoms with Crippen molar-refractivity contribution in [3.63, 3.8) is 0 Å². The van der Waals surface area contributed by atoms with Gasteiger partial charge in [-0.25, -0.2) is 8.42 Å². The van der Waals surface area contributed by atoms with Gasteiger partial charge in [0.25, 0.3) is 0 Å². The van der Waals surface area contributed by atoms with Crippen LogP contribution in [-0.4, -0.2) is 20.9 Å². The highest BCUT2D eigenvalue weighted by Crippen LogP contribution is 1.29. The Hall–Kier alpha value is -0.0300. The highest BCUT2D eigenvalue weighted by molar-refractivity contribution is 7.71. The summed E-state index contributed by atoms with van der Waals surface area (Å²) in [5.41, 5.74) is 0. The predicted octanol–water partition coefficient (Wildman–Crippen LogP) is -0.728. The van der Waals surface area contributed by atoms with Gasteiger partial charge < -0.3 is 0 Å². The molecule has 0 aromatic carbocycles. The van der Waals surface area contributed by atoms with Gasteiger partial charge in [0.15, 0.2) is 0 Å². The monoisotopic (exact) mass is 143 g/mol. The summed E-state index contributed by atoms with van der Waals surface area (Å²) >= 11 is 0.500. The van der Waals surface area contributed by atoms with E-state index in [4.69, 9.17) is 12.6 Å². The molecule has 0 aliphatic rings. The van der Waals surface area contributed by atoms with Crippen molar-refractivity contribution in [1.29, 1.82) is 0 Å². The molecule has 0 bridgehead atoms. The molecule has 7 heavy (non-hydrogen) atoms. The minimum absolute atomic E-state index is 0.500. The molecule has 0 aromatic rings. The van der Waals surface area contributed by atoms with Crippen LogP contribution in [0.25, 0.3) is 0 Å². The van der Waals surface area contributed by atoms with Gasteiger partial charge in [-0.3, -0.25) is 0 Å². The zero-order chi connectivity index (χ0) is 6.28. The smallest absolute Gasteiger partial charge is 0.232 e. The van der Waals surface area contributed by atoms with Crippen molar-refractivity contribution in [1.82, 2.24) is 0 Å². The van der Waals surface area contributed by atoms with Crippen LogP contribution in [-0.2, 0) is 26.6 Å². The zero-order valence-corrected chi connectivity index (χ0v) is 5.79. The first kappa shape index (κ1) is 10.1. The van der Waals surface area contributed by atoms with Gasteiger partial charge in [0.05, 0.1) is 0 Å². The Morgan fingerprint density at radius 1 is 1.43 bits per heavy atom. The van der Waals surface area contributed by atoms with Gasteiger partial charge in [-0.1, -0.05) is 0 Å². The molecular weight excluding hydrogens is 136 g/mol. The van der Waals surface area contributed by atoms with Crippen molar-refractivity contribution in [2.75, 3.05) is 12.5 Å². The van der Waals surface area contributed by atoms with E-state index in [9.17, 15) is 0 Å². The van der Waals surface area contributed by atoms with Crippen molar-refractivity contribution in [2.24, 2.45) is 0 Å². The van der Waals surface area contributed by atoms with Gasteiger partial charge >= 0.3 is 11.7 Å². The predicted molar refractivity (Wildman–Crippen MR) is 30.2 cm³/mol. The van der Waals surface area contributed by atoms with Crippen LogP contribution in [0.15, 0.2) is 0 Å². The van der Waals surface area contributed by atoms with Crippen LogP contribution in [0.2, 0.25) is 0 Å².